The molecule has 2 rings (SSSR count). The first kappa shape index (κ1) is 22.4. The van der Waals surface area contributed by atoms with Crippen molar-refractivity contribution in [2.75, 3.05) is 25.6 Å². The molecule has 0 aromatic heterocycles. The van der Waals surface area contributed by atoms with E-state index in [1.807, 2.05) is 19.1 Å². The highest BCUT2D eigenvalue weighted by molar-refractivity contribution is 5.93. The molecule has 0 fully saturated rings. The third-order valence-corrected chi connectivity index (χ3v) is 3.96. The Labute approximate surface area is 173 Å². The van der Waals surface area contributed by atoms with Crippen LogP contribution in [0.15, 0.2) is 42.5 Å². The summed E-state index contributed by atoms with van der Waals surface area (Å²) in [4.78, 5) is 34.2. The van der Waals surface area contributed by atoms with Crippen LogP contribution in [0.4, 0.5) is 11.4 Å². The first-order valence-corrected chi connectivity index (χ1v) is 8.98. The van der Waals surface area contributed by atoms with Crippen LogP contribution in [0.3, 0.4) is 0 Å². The maximum absolute atomic E-state index is 12.0. The van der Waals surface area contributed by atoms with Gasteiger partial charge in [-0.1, -0.05) is 24.3 Å². The van der Waals surface area contributed by atoms with Crippen molar-refractivity contribution in [3.05, 3.63) is 63.7 Å². The summed E-state index contributed by atoms with van der Waals surface area (Å²) in [5, 5.41) is 13.3. The van der Waals surface area contributed by atoms with Gasteiger partial charge in [0.1, 0.15) is 0 Å². The van der Waals surface area contributed by atoms with Gasteiger partial charge in [0, 0.05) is 12.1 Å². The number of methoxy groups -OCH3 is 1. The summed E-state index contributed by atoms with van der Waals surface area (Å²) in [6.07, 6.45) is 3.77. The fraction of sp³-hybridized carbons (Fsp3) is 0.238. The zero-order valence-corrected chi connectivity index (χ0v) is 16.8. The highest BCUT2D eigenvalue weighted by Crippen LogP contribution is 2.28. The maximum atomic E-state index is 12.0. The van der Waals surface area contributed by atoms with Gasteiger partial charge in [-0.05, 0) is 37.1 Å². The molecule has 0 saturated carbocycles. The number of amides is 1. The second kappa shape index (κ2) is 10.6. The number of nitro groups is 1. The number of aryl methyl sites for hydroxylation is 1. The van der Waals surface area contributed by atoms with Crippen molar-refractivity contribution < 1.29 is 28.7 Å². The molecule has 1 amide bonds. The number of hydrogen-bond donors (Lipinski definition) is 1. The lowest BCUT2D eigenvalue weighted by Gasteiger charge is -2.11. The Hall–Kier alpha value is -3.88. The largest absolute Gasteiger partial charge is 0.493 e. The van der Waals surface area contributed by atoms with Crippen LogP contribution in [0.5, 0.6) is 11.5 Å². The highest BCUT2D eigenvalue weighted by Gasteiger charge is 2.14. The number of nitrogens with zero attached hydrogens (tertiary/aromatic N) is 1. The summed E-state index contributed by atoms with van der Waals surface area (Å²) in [6, 6.07) is 9.32. The molecule has 9 heteroatoms. The molecule has 2 aromatic rings. The van der Waals surface area contributed by atoms with Crippen molar-refractivity contribution in [2.24, 2.45) is 0 Å². The Morgan fingerprint density at radius 2 is 1.90 bits per heavy atom. The van der Waals surface area contributed by atoms with Crippen LogP contribution in [0.25, 0.3) is 6.08 Å². The molecular formula is C21H22N2O7. The molecule has 0 bridgehead atoms. The van der Waals surface area contributed by atoms with Crippen molar-refractivity contribution in [1.82, 2.24) is 0 Å². The Morgan fingerprint density at radius 1 is 1.13 bits per heavy atom. The topological polar surface area (TPSA) is 117 Å². The minimum atomic E-state index is -0.750. The number of esters is 1. The van der Waals surface area contributed by atoms with Gasteiger partial charge < -0.3 is 19.5 Å². The van der Waals surface area contributed by atoms with Crippen LogP contribution in [0.1, 0.15) is 18.1 Å². The standard InChI is InChI=1S/C21H22N2O7/c1-4-5-15-7-9-18(19(10-15)28-3)29-13-21(25)30-12-20(24)22-17-11-16(23(26)27)8-6-14(17)2/h4-11H,12-13H2,1-3H3,(H,22,24)/b5-4+. The van der Waals surface area contributed by atoms with Crippen molar-refractivity contribution in [3.8, 4) is 11.5 Å². The van der Waals surface area contributed by atoms with Crippen LogP contribution in [0, 0.1) is 17.0 Å². The molecule has 0 aliphatic rings. The summed E-state index contributed by atoms with van der Waals surface area (Å²) in [6.45, 7) is 2.61. The maximum Gasteiger partial charge on any atom is 0.344 e. The lowest BCUT2D eigenvalue weighted by atomic mass is 10.2. The number of allylic oxidation sites excluding steroid dienone is 1. The molecule has 0 radical (unpaired) electrons. The van der Waals surface area contributed by atoms with Crippen molar-refractivity contribution >= 4 is 29.3 Å². The van der Waals surface area contributed by atoms with E-state index < -0.39 is 30.0 Å². The smallest absolute Gasteiger partial charge is 0.344 e. The van der Waals surface area contributed by atoms with Crippen LogP contribution >= 0.6 is 0 Å². The minimum Gasteiger partial charge on any atom is -0.493 e. The summed E-state index contributed by atoms with van der Waals surface area (Å²) in [7, 11) is 1.49. The number of nitro benzene ring substituents is 1. The average Bonchev–Trinajstić information content (AvgIpc) is 2.72. The number of hydrogen-bond acceptors (Lipinski definition) is 7. The van der Waals surface area contributed by atoms with E-state index >= 15 is 0 Å². The van der Waals surface area contributed by atoms with Gasteiger partial charge >= 0.3 is 5.97 Å². The molecule has 0 aliphatic heterocycles. The summed E-state index contributed by atoms with van der Waals surface area (Å²) < 4.78 is 15.5. The first-order chi connectivity index (χ1) is 14.3. The summed E-state index contributed by atoms with van der Waals surface area (Å²) >= 11 is 0. The number of rotatable bonds is 9. The highest BCUT2D eigenvalue weighted by atomic mass is 16.6. The molecule has 0 saturated heterocycles. The van der Waals surface area contributed by atoms with Gasteiger partial charge in [-0.25, -0.2) is 4.79 Å². The van der Waals surface area contributed by atoms with E-state index in [4.69, 9.17) is 14.2 Å². The van der Waals surface area contributed by atoms with Gasteiger partial charge in [0.2, 0.25) is 0 Å². The third-order valence-electron chi connectivity index (χ3n) is 3.96. The SMILES string of the molecule is C/C=C/c1ccc(OCC(=O)OCC(=O)Nc2cc([N+](=O)[O-])ccc2C)c(OC)c1. The second-order valence-electron chi connectivity index (χ2n) is 6.16. The van der Waals surface area contributed by atoms with E-state index in [0.29, 0.717) is 17.1 Å². The quantitative estimate of drug-likeness (QED) is 0.379. The number of nitrogens with one attached hydrogen (secondary N) is 1. The Balaban J connectivity index is 1.87. The van der Waals surface area contributed by atoms with Gasteiger partial charge in [0.25, 0.3) is 11.6 Å². The molecular weight excluding hydrogens is 392 g/mol. The van der Waals surface area contributed by atoms with Gasteiger partial charge in [-0.15, -0.1) is 0 Å². The van der Waals surface area contributed by atoms with E-state index in [9.17, 15) is 19.7 Å². The normalized spacial score (nSPS) is 10.5. The molecule has 0 heterocycles. The Kier molecular flexibility index (Phi) is 7.92. The van der Waals surface area contributed by atoms with E-state index in [1.165, 1.54) is 25.3 Å². The lowest BCUT2D eigenvalue weighted by Crippen LogP contribution is -2.24. The Bertz CT molecular complexity index is 970. The second-order valence-corrected chi connectivity index (χ2v) is 6.16. The fourth-order valence-electron chi connectivity index (χ4n) is 2.47. The number of carbonyl (C=O) groups excluding carboxylic acids is 2. The zero-order valence-electron chi connectivity index (χ0n) is 16.8. The molecule has 0 aliphatic carbocycles. The van der Waals surface area contributed by atoms with Crippen LogP contribution in [0.2, 0.25) is 0 Å². The van der Waals surface area contributed by atoms with Gasteiger partial charge in [-0.2, -0.15) is 0 Å². The van der Waals surface area contributed by atoms with Gasteiger partial charge in [-0.3, -0.25) is 14.9 Å². The molecule has 158 valence electrons. The number of benzene rings is 2. The lowest BCUT2D eigenvalue weighted by molar-refractivity contribution is -0.384. The van der Waals surface area contributed by atoms with E-state index in [-0.39, 0.29) is 11.4 Å². The van der Waals surface area contributed by atoms with Crippen LogP contribution in [-0.4, -0.2) is 37.1 Å². The average molecular weight is 414 g/mol. The molecule has 2 aromatic carbocycles. The summed E-state index contributed by atoms with van der Waals surface area (Å²) in [5.74, 6) is -0.558. The molecule has 0 atom stereocenters. The monoisotopic (exact) mass is 414 g/mol. The number of anilines is 1. The number of non-ortho nitro benzene ring substituents is 1. The minimum absolute atomic E-state index is 0.157. The molecule has 1 N–H and O–H groups in total. The van der Waals surface area contributed by atoms with Gasteiger partial charge in [0.05, 0.1) is 17.7 Å². The Morgan fingerprint density at radius 3 is 2.57 bits per heavy atom. The number of ether oxygens (including phenoxy) is 3. The van der Waals surface area contributed by atoms with Crippen LogP contribution < -0.4 is 14.8 Å². The van der Waals surface area contributed by atoms with E-state index in [0.717, 1.165) is 5.56 Å². The van der Waals surface area contributed by atoms with Crippen molar-refractivity contribution in [2.45, 2.75) is 13.8 Å². The first-order valence-electron chi connectivity index (χ1n) is 8.98. The van der Waals surface area contributed by atoms with E-state index in [1.54, 1.807) is 25.1 Å². The molecule has 0 unspecified atom stereocenters. The van der Waals surface area contributed by atoms with Gasteiger partial charge in [0.15, 0.2) is 24.7 Å². The summed E-state index contributed by atoms with van der Waals surface area (Å²) in [5.41, 5.74) is 1.66. The van der Waals surface area contributed by atoms with E-state index in [2.05, 4.69) is 5.32 Å². The molecule has 9 nitrogen and oxygen atoms in total. The third kappa shape index (κ3) is 6.33. The number of carbonyl (C=O) groups is 2. The van der Waals surface area contributed by atoms with Crippen LogP contribution in [-0.2, 0) is 14.3 Å². The van der Waals surface area contributed by atoms with Crippen molar-refractivity contribution in [3.63, 3.8) is 0 Å². The predicted molar refractivity (Wildman–Crippen MR) is 111 cm³/mol. The fourth-order valence-corrected chi connectivity index (χ4v) is 2.47. The molecule has 0 spiro atoms. The predicted octanol–water partition coefficient (Wildman–Crippen LogP) is 3.51. The zero-order chi connectivity index (χ0) is 22.1. The van der Waals surface area contributed by atoms with Crippen molar-refractivity contribution in [1.29, 1.82) is 0 Å². The molecule has 30 heavy (non-hydrogen) atoms.